The highest BCUT2D eigenvalue weighted by atomic mass is 16.7. The van der Waals surface area contributed by atoms with Crippen LogP contribution in [0.25, 0.3) is 0 Å². The van der Waals surface area contributed by atoms with Crippen LogP contribution in [0.4, 0.5) is 4.79 Å². The Hall–Kier alpha value is -2.79. The van der Waals surface area contributed by atoms with Gasteiger partial charge in [-0.25, -0.2) is 14.9 Å². The lowest BCUT2D eigenvalue weighted by Crippen LogP contribution is -2.44. The van der Waals surface area contributed by atoms with Crippen LogP contribution in [-0.2, 0) is 11.3 Å². The first-order valence-electron chi connectivity index (χ1n) is 8.99. The number of hydrogen-bond acceptors (Lipinski definition) is 7. The van der Waals surface area contributed by atoms with E-state index in [0.717, 1.165) is 5.69 Å². The molecule has 1 aromatic heterocycles. The highest BCUT2D eigenvalue weighted by Gasteiger charge is 2.18. The summed E-state index contributed by atoms with van der Waals surface area (Å²) in [6.45, 7) is 6.67. The lowest BCUT2D eigenvalue weighted by atomic mass is 10.1. The minimum atomic E-state index is -0.896. The summed E-state index contributed by atoms with van der Waals surface area (Å²) in [7, 11) is 0. The number of nitro groups is 1. The lowest BCUT2D eigenvalue weighted by molar-refractivity contribution is -0.485. The van der Waals surface area contributed by atoms with Crippen LogP contribution in [0.3, 0.4) is 0 Å². The highest BCUT2D eigenvalue weighted by Crippen LogP contribution is 2.06. The molecule has 156 valence electrons. The van der Waals surface area contributed by atoms with Gasteiger partial charge in [-0.15, -0.1) is 0 Å². The van der Waals surface area contributed by atoms with Crippen LogP contribution in [0.2, 0.25) is 0 Å². The summed E-state index contributed by atoms with van der Waals surface area (Å²) < 4.78 is 5.05. The number of aromatic nitrogens is 1. The van der Waals surface area contributed by atoms with Gasteiger partial charge in [0.25, 0.3) is 5.96 Å². The number of pyridine rings is 1. The van der Waals surface area contributed by atoms with Gasteiger partial charge in [-0.3, -0.25) is 10.3 Å². The third-order valence-electron chi connectivity index (χ3n) is 3.28. The number of nitrogens with one attached hydrogen (secondary N) is 3. The van der Waals surface area contributed by atoms with Gasteiger partial charge in [0.15, 0.2) is 5.03 Å². The summed E-state index contributed by atoms with van der Waals surface area (Å²) in [4.78, 5) is 26.5. The zero-order valence-corrected chi connectivity index (χ0v) is 16.5. The second kappa shape index (κ2) is 11.8. The summed E-state index contributed by atoms with van der Waals surface area (Å²) in [6.07, 6.45) is 2.23. The van der Waals surface area contributed by atoms with Crippen LogP contribution in [-0.4, -0.2) is 46.8 Å². The molecule has 0 aliphatic heterocycles. The second-order valence-corrected chi connectivity index (χ2v) is 7.09. The Kier molecular flexibility index (Phi) is 9.82. The molecule has 0 saturated carbocycles. The van der Waals surface area contributed by atoms with E-state index in [1.165, 1.54) is 0 Å². The quantitative estimate of drug-likeness (QED) is 0.158. The van der Waals surface area contributed by atoms with Gasteiger partial charge in [0.2, 0.25) is 0 Å². The number of alkyl carbamates (subject to hydrolysis) is 1. The van der Waals surface area contributed by atoms with Crippen molar-refractivity contribution in [1.29, 1.82) is 0 Å². The summed E-state index contributed by atoms with van der Waals surface area (Å²) >= 11 is 0. The number of nitrogens with two attached hydrogens (primary N) is 1. The SMILES string of the molecule is CC(C)(C)OC(=O)NC(=N[N+](=O)[O-])NCCC[C@H](N)CNCc1ccccn1. The van der Waals surface area contributed by atoms with E-state index < -0.39 is 16.7 Å². The summed E-state index contributed by atoms with van der Waals surface area (Å²) in [5, 5.41) is 21.0. The van der Waals surface area contributed by atoms with Crippen molar-refractivity contribution in [3.8, 4) is 0 Å². The molecule has 11 heteroatoms. The van der Waals surface area contributed by atoms with Crippen molar-refractivity contribution in [2.75, 3.05) is 13.1 Å². The molecule has 0 aromatic carbocycles. The van der Waals surface area contributed by atoms with Crippen LogP contribution in [0.5, 0.6) is 0 Å². The van der Waals surface area contributed by atoms with E-state index >= 15 is 0 Å². The summed E-state index contributed by atoms with van der Waals surface area (Å²) in [6, 6.07) is 5.62. The number of guanidine groups is 1. The van der Waals surface area contributed by atoms with Crippen LogP contribution >= 0.6 is 0 Å². The van der Waals surface area contributed by atoms with E-state index in [2.05, 4.69) is 26.0 Å². The minimum Gasteiger partial charge on any atom is -0.444 e. The molecule has 1 rings (SSSR count). The molecule has 28 heavy (non-hydrogen) atoms. The van der Waals surface area contributed by atoms with Crippen LogP contribution < -0.4 is 21.7 Å². The molecule has 0 aliphatic carbocycles. The molecule has 11 nitrogen and oxygen atoms in total. The van der Waals surface area contributed by atoms with Crippen LogP contribution in [0.15, 0.2) is 29.5 Å². The van der Waals surface area contributed by atoms with E-state index in [1.807, 2.05) is 18.2 Å². The predicted molar refractivity (Wildman–Crippen MR) is 105 cm³/mol. The molecule has 1 amide bonds. The summed E-state index contributed by atoms with van der Waals surface area (Å²) in [5.41, 5.74) is 6.26. The van der Waals surface area contributed by atoms with Gasteiger partial charge < -0.3 is 21.1 Å². The van der Waals surface area contributed by atoms with Gasteiger partial charge in [0, 0.05) is 31.9 Å². The zero-order valence-electron chi connectivity index (χ0n) is 16.5. The van der Waals surface area contributed by atoms with Crippen molar-refractivity contribution in [2.45, 2.75) is 51.8 Å². The van der Waals surface area contributed by atoms with E-state index in [1.54, 1.807) is 27.0 Å². The maximum Gasteiger partial charge on any atom is 0.414 e. The van der Waals surface area contributed by atoms with Crippen LogP contribution in [0, 0.1) is 10.1 Å². The monoisotopic (exact) mass is 395 g/mol. The fraction of sp³-hybridized carbons (Fsp3) is 0.588. The number of hydrazone groups is 1. The molecular weight excluding hydrogens is 366 g/mol. The largest absolute Gasteiger partial charge is 0.444 e. The first-order chi connectivity index (χ1) is 13.2. The molecular formula is C17H29N7O4. The first kappa shape index (κ1) is 23.2. The van der Waals surface area contributed by atoms with Gasteiger partial charge >= 0.3 is 6.09 Å². The predicted octanol–water partition coefficient (Wildman–Crippen LogP) is 0.941. The Morgan fingerprint density at radius 1 is 1.43 bits per heavy atom. The topological polar surface area (TPSA) is 157 Å². The Bertz CT molecular complexity index is 647. The molecule has 0 spiro atoms. The van der Waals surface area contributed by atoms with E-state index in [-0.39, 0.29) is 12.0 Å². The van der Waals surface area contributed by atoms with E-state index in [9.17, 15) is 14.9 Å². The normalized spacial score (nSPS) is 12.9. The summed E-state index contributed by atoms with van der Waals surface area (Å²) in [5.74, 6) is -0.277. The van der Waals surface area contributed by atoms with Gasteiger partial charge in [-0.05, 0) is 45.7 Å². The van der Waals surface area contributed by atoms with E-state index in [4.69, 9.17) is 10.5 Å². The minimum absolute atomic E-state index is 0.0831. The van der Waals surface area contributed by atoms with E-state index in [0.29, 0.717) is 32.5 Å². The number of nitrogens with zero attached hydrogens (tertiary/aromatic N) is 3. The Morgan fingerprint density at radius 2 is 2.18 bits per heavy atom. The van der Waals surface area contributed by atoms with Crippen molar-refractivity contribution < 1.29 is 14.6 Å². The second-order valence-electron chi connectivity index (χ2n) is 7.09. The first-order valence-corrected chi connectivity index (χ1v) is 8.99. The van der Waals surface area contributed by atoms with Crippen molar-refractivity contribution in [2.24, 2.45) is 10.8 Å². The molecule has 0 fully saturated rings. The molecule has 5 N–H and O–H groups in total. The fourth-order valence-corrected chi connectivity index (χ4v) is 2.15. The average molecular weight is 395 g/mol. The maximum absolute atomic E-state index is 11.7. The smallest absolute Gasteiger partial charge is 0.414 e. The third kappa shape index (κ3) is 11.8. The van der Waals surface area contributed by atoms with Gasteiger partial charge in [0.1, 0.15) is 10.7 Å². The van der Waals surface area contributed by atoms with Gasteiger partial charge in [0.05, 0.1) is 5.69 Å². The van der Waals surface area contributed by atoms with Gasteiger partial charge in [-0.2, -0.15) is 0 Å². The highest BCUT2D eigenvalue weighted by molar-refractivity contribution is 5.93. The molecule has 0 unspecified atom stereocenters. The number of amides is 1. The number of hydrogen-bond donors (Lipinski definition) is 4. The molecule has 0 aliphatic rings. The average Bonchev–Trinajstić information content (AvgIpc) is 2.57. The van der Waals surface area contributed by atoms with Crippen molar-refractivity contribution in [1.82, 2.24) is 20.9 Å². The maximum atomic E-state index is 11.7. The third-order valence-corrected chi connectivity index (χ3v) is 3.28. The Morgan fingerprint density at radius 3 is 2.79 bits per heavy atom. The Labute approximate surface area is 164 Å². The molecule has 0 radical (unpaired) electrons. The lowest BCUT2D eigenvalue weighted by Gasteiger charge is -2.19. The Balaban J connectivity index is 2.29. The van der Waals surface area contributed by atoms with Crippen molar-refractivity contribution in [3.63, 3.8) is 0 Å². The molecule has 1 aromatic rings. The van der Waals surface area contributed by atoms with Crippen molar-refractivity contribution >= 4 is 12.1 Å². The van der Waals surface area contributed by atoms with Gasteiger partial charge in [-0.1, -0.05) is 6.07 Å². The number of carbonyl (C=O) groups excluding carboxylic acids is 1. The molecule has 1 atom stereocenters. The number of carbonyl (C=O) groups is 1. The molecule has 0 saturated heterocycles. The standard InChI is InChI=1S/C17H29N7O4/c1-17(2,3)28-16(25)22-15(23-24(26)27)21-10-6-7-13(18)11-19-12-14-8-4-5-9-20-14/h4-5,8-9,13,19H,6-7,10-12,18H2,1-3H3,(H2,21,22,23,25)/t13-/m0/s1. The fourth-order valence-electron chi connectivity index (χ4n) is 2.15. The number of ether oxygens (including phenoxy) is 1. The molecule has 0 bridgehead atoms. The molecule has 1 heterocycles. The van der Waals surface area contributed by atoms with Crippen LogP contribution in [0.1, 0.15) is 39.3 Å². The van der Waals surface area contributed by atoms with Crippen molar-refractivity contribution in [3.05, 3.63) is 40.2 Å². The number of rotatable bonds is 9. The zero-order chi connectivity index (χ0) is 21.0.